The van der Waals surface area contributed by atoms with Crippen LogP contribution >= 0.6 is 0 Å². The first-order valence-corrected chi connectivity index (χ1v) is 19.8. The summed E-state index contributed by atoms with van der Waals surface area (Å²) in [6, 6.07) is -0.956. The van der Waals surface area contributed by atoms with Gasteiger partial charge in [0.1, 0.15) is 18.8 Å². The van der Waals surface area contributed by atoms with Gasteiger partial charge in [0.05, 0.1) is 6.10 Å². The summed E-state index contributed by atoms with van der Waals surface area (Å²) in [5, 5.41) is 2.84. The van der Waals surface area contributed by atoms with Crippen LogP contribution in [0.2, 0.25) is 0 Å². The van der Waals surface area contributed by atoms with Crippen LogP contribution in [0.4, 0.5) is 0 Å². The van der Waals surface area contributed by atoms with Gasteiger partial charge in [-0.2, -0.15) is 0 Å². The van der Waals surface area contributed by atoms with Gasteiger partial charge in [0.15, 0.2) is 18.5 Å². The molecule has 4 fully saturated rings. The van der Waals surface area contributed by atoms with Crippen LogP contribution in [0.5, 0.6) is 0 Å². The summed E-state index contributed by atoms with van der Waals surface area (Å²) >= 11 is 0. The molecule has 14 atom stereocenters. The van der Waals surface area contributed by atoms with E-state index in [4.69, 9.17) is 23.7 Å². The van der Waals surface area contributed by atoms with Crippen molar-refractivity contribution in [1.29, 1.82) is 0 Å². The number of nitrogens with one attached hydrogen (secondary N) is 1. The van der Waals surface area contributed by atoms with Crippen LogP contribution in [0, 0.1) is 52.3 Å². The van der Waals surface area contributed by atoms with Gasteiger partial charge in [-0.3, -0.25) is 19.2 Å². The molecule has 10 heteroatoms. The van der Waals surface area contributed by atoms with Crippen molar-refractivity contribution in [2.24, 2.45) is 52.3 Å². The highest BCUT2D eigenvalue weighted by Crippen LogP contribution is 2.67. The van der Waals surface area contributed by atoms with E-state index in [0.717, 1.165) is 42.9 Å². The lowest BCUT2D eigenvalue weighted by atomic mass is 9.46. The zero-order chi connectivity index (χ0) is 37.2. The molecule has 0 aromatic rings. The van der Waals surface area contributed by atoms with Gasteiger partial charge >= 0.3 is 17.9 Å². The normalized spacial score (nSPS) is 40.7. The fraction of sp³-hybridized carbons (Fsp3) is 0.854. The van der Waals surface area contributed by atoms with Crippen molar-refractivity contribution in [2.45, 2.75) is 163 Å². The highest BCUT2D eigenvalue weighted by molar-refractivity contribution is 5.73. The fourth-order valence-electron chi connectivity index (χ4n) is 11.3. The highest BCUT2D eigenvalue weighted by atomic mass is 16.7. The quantitative estimate of drug-likeness (QED) is 0.130. The predicted molar refractivity (Wildman–Crippen MR) is 192 cm³/mol. The lowest BCUT2D eigenvalue weighted by Gasteiger charge is -2.59. The average molecular weight is 716 g/mol. The molecule has 0 spiro atoms. The van der Waals surface area contributed by atoms with E-state index >= 15 is 0 Å². The molecule has 1 aliphatic heterocycles. The van der Waals surface area contributed by atoms with Crippen LogP contribution in [-0.2, 0) is 42.9 Å². The molecule has 5 rings (SSSR count). The van der Waals surface area contributed by atoms with Crippen molar-refractivity contribution in [3.63, 3.8) is 0 Å². The maximum Gasteiger partial charge on any atom is 0.303 e. The summed E-state index contributed by atoms with van der Waals surface area (Å²) in [5.74, 6) is 2.54. The Morgan fingerprint density at radius 1 is 0.824 bits per heavy atom. The SMILES string of the molecule is CC(=O)NC1C(OC2CC[C@@]3(C)C(C=C[C@H]4[C@@H]5CC[C@H]([C@H](C)CCCC(C)C)[C@@]5(C)CC[C@@H]43)C2)OC(COC(C)=O)C(OC(C)=O)C1OC(C)=O. The van der Waals surface area contributed by atoms with Crippen LogP contribution < -0.4 is 5.32 Å². The molecule has 3 saturated carbocycles. The van der Waals surface area contributed by atoms with Gasteiger partial charge in [0.2, 0.25) is 5.91 Å². The van der Waals surface area contributed by atoms with E-state index in [0.29, 0.717) is 23.2 Å². The number of allylic oxidation sites excluding steroid dienone is 2. The Morgan fingerprint density at radius 2 is 1.49 bits per heavy atom. The molecule has 0 aromatic heterocycles. The lowest BCUT2D eigenvalue weighted by Crippen LogP contribution is -2.67. The van der Waals surface area contributed by atoms with Crippen LogP contribution in [0.3, 0.4) is 0 Å². The van der Waals surface area contributed by atoms with Gasteiger partial charge in [-0.05, 0) is 97.2 Å². The number of hydrogen-bond acceptors (Lipinski definition) is 9. The molecule has 1 amide bonds. The smallest absolute Gasteiger partial charge is 0.303 e. The summed E-state index contributed by atoms with van der Waals surface area (Å²) in [6.07, 6.45) is 12.5. The molecule has 288 valence electrons. The van der Waals surface area contributed by atoms with Crippen LogP contribution in [0.15, 0.2) is 12.2 Å². The van der Waals surface area contributed by atoms with Crippen molar-refractivity contribution in [2.75, 3.05) is 6.61 Å². The Hall–Kier alpha value is -2.46. The highest BCUT2D eigenvalue weighted by Gasteiger charge is 2.60. The zero-order valence-electron chi connectivity index (χ0n) is 32.6. The third-order valence-corrected chi connectivity index (χ3v) is 13.7. The topological polar surface area (TPSA) is 126 Å². The molecule has 4 aliphatic carbocycles. The van der Waals surface area contributed by atoms with E-state index < -0.39 is 48.6 Å². The predicted octanol–water partition coefficient (Wildman–Crippen LogP) is 6.93. The number of carbonyl (C=O) groups is 4. The standard InChI is InChI=1S/C41H65NO9/c1-23(2)11-10-12-24(3)32-15-16-33-31-14-13-29-21-30(17-19-40(29,8)34(31)18-20-41(32,33)9)50-39-36(42-25(4)43)38(49-28(7)46)37(48-27(6)45)35(51-39)22-47-26(5)44/h13-14,23-24,29-39H,10-12,15-22H2,1-9H3,(H,42,43)/t24-,29?,30?,31+,32-,33+,34+,35?,36?,37?,38?,39?,40+,41-/m1/s1. The van der Waals surface area contributed by atoms with E-state index in [1.807, 2.05) is 0 Å². The summed E-state index contributed by atoms with van der Waals surface area (Å²) < 4.78 is 29.6. The molecule has 0 bridgehead atoms. The maximum absolute atomic E-state index is 12.5. The van der Waals surface area contributed by atoms with Gasteiger partial charge in [-0.25, -0.2) is 0 Å². The third-order valence-electron chi connectivity index (χ3n) is 13.7. The van der Waals surface area contributed by atoms with E-state index in [9.17, 15) is 19.2 Å². The Bertz CT molecular complexity index is 1300. The van der Waals surface area contributed by atoms with Crippen molar-refractivity contribution in [3.05, 3.63) is 12.2 Å². The number of esters is 3. The second-order valence-corrected chi connectivity index (χ2v) is 17.6. The monoisotopic (exact) mass is 715 g/mol. The Balaban J connectivity index is 1.32. The van der Waals surface area contributed by atoms with Gasteiger partial charge in [0.25, 0.3) is 0 Å². The molecule has 10 nitrogen and oxygen atoms in total. The number of fused-ring (bicyclic) bond motifs is 5. The van der Waals surface area contributed by atoms with E-state index in [2.05, 4.69) is 52.1 Å². The first-order valence-electron chi connectivity index (χ1n) is 19.8. The molecule has 1 N–H and O–H groups in total. The van der Waals surface area contributed by atoms with Crippen LogP contribution in [0.1, 0.15) is 127 Å². The van der Waals surface area contributed by atoms with Crippen molar-refractivity contribution in [3.8, 4) is 0 Å². The minimum absolute atomic E-state index is 0.171. The second kappa shape index (κ2) is 16.3. The lowest BCUT2D eigenvalue weighted by molar-refractivity contribution is -0.292. The molecule has 0 aromatic carbocycles. The third kappa shape index (κ3) is 8.69. The van der Waals surface area contributed by atoms with Crippen LogP contribution in [-0.4, -0.2) is 67.2 Å². The Labute approximate surface area is 305 Å². The average Bonchev–Trinajstić information content (AvgIpc) is 3.39. The number of hydrogen-bond donors (Lipinski definition) is 1. The first kappa shape index (κ1) is 39.7. The molecule has 1 heterocycles. The summed E-state index contributed by atoms with van der Waals surface area (Å²) in [6.45, 7) is 17.2. The molecule has 0 radical (unpaired) electrons. The Morgan fingerprint density at radius 3 is 2.14 bits per heavy atom. The van der Waals surface area contributed by atoms with Crippen molar-refractivity contribution in [1.82, 2.24) is 5.32 Å². The number of rotatable bonds is 12. The zero-order valence-corrected chi connectivity index (χ0v) is 32.6. The first-order chi connectivity index (χ1) is 24.0. The molecular formula is C41H65NO9. The summed E-state index contributed by atoms with van der Waals surface area (Å²) in [5.41, 5.74) is 0.582. The Kier molecular flexibility index (Phi) is 12.7. The molecule has 1 saturated heterocycles. The van der Waals surface area contributed by atoms with E-state index in [-0.39, 0.29) is 24.0 Å². The summed E-state index contributed by atoms with van der Waals surface area (Å²) in [7, 11) is 0. The number of amides is 1. The minimum Gasteiger partial charge on any atom is -0.463 e. The number of ether oxygens (including phenoxy) is 5. The fourth-order valence-corrected chi connectivity index (χ4v) is 11.3. The van der Waals surface area contributed by atoms with E-state index in [1.165, 1.54) is 72.6 Å². The number of carbonyl (C=O) groups excluding carboxylic acids is 4. The molecule has 7 unspecified atom stereocenters. The van der Waals surface area contributed by atoms with Gasteiger partial charge in [-0.1, -0.05) is 66.0 Å². The van der Waals surface area contributed by atoms with Crippen molar-refractivity contribution < 1.29 is 42.9 Å². The van der Waals surface area contributed by atoms with Crippen LogP contribution in [0.25, 0.3) is 0 Å². The molecular weight excluding hydrogens is 650 g/mol. The van der Waals surface area contributed by atoms with E-state index in [1.54, 1.807) is 0 Å². The maximum atomic E-state index is 12.5. The van der Waals surface area contributed by atoms with Gasteiger partial charge in [-0.15, -0.1) is 0 Å². The summed E-state index contributed by atoms with van der Waals surface area (Å²) in [4.78, 5) is 48.7. The molecule has 5 aliphatic rings. The van der Waals surface area contributed by atoms with Crippen molar-refractivity contribution >= 4 is 23.8 Å². The molecule has 51 heavy (non-hydrogen) atoms. The second-order valence-electron chi connectivity index (χ2n) is 17.6. The van der Waals surface area contributed by atoms with Gasteiger partial charge < -0.3 is 29.0 Å². The minimum atomic E-state index is -1.13. The van der Waals surface area contributed by atoms with Gasteiger partial charge in [0, 0.05) is 27.7 Å². The largest absolute Gasteiger partial charge is 0.463 e.